The number of carbonyl (C=O) groups excluding carboxylic acids is 1. The molecule has 1 heterocycles. The van der Waals surface area contributed by atoms with Crippen LogP contribution in [0.3, 0.4) is 0 Å². The summed E-state index contributed by atoms with van der Waals surface area (Å²) in [6.45, 7) is 0. The van der Waals surface area contributed by atoms with Crippen molar-refractivity contribution in [3.8, 4) is 11.5 Å². The van der Waals surface area contributed by atoms with Gasteiger partial charge in [0.25, 0.3) is 5.91 Å². The molecule has 128 valence electrons. The predicted molar refractivity (Wildman–Crippen MR) is 107 cm³/mol. The Labute approximate surface area is 165 Å². The second-order valence-electron chi connectivity index (χ2n) is 5.01. The van der Waals surface area contributed by atoms with Gasteiger partial charge in [0, 0.05) is 0 Å². The first-order valence-corrected chi connectivity index (χ1v) is 9.48. The normalized spacial score (nSPS) is 17.2. The highest BCUT2D eigenvalue weighted by molar-refractivity contribution is 9.11. The highest BCUT2D eigenvalue weighted by atomic mass is 79.9. The van der Waals surface area contributed by atoms with E-state index in [4.69, 9.17) is 4.74 Å². The zero-order chi connectivity index (χ0) is 18.0. The van der Waals surface area contributed by atoms with Gasteiger partial charge in [0.1, 0.15) is 11.5 Å². The first-order chi connectivity index (χ1) is 12.0. The summed E-state index contributed by atoms with van der Waals surface area (Å²) in [6.07, 6.45) is 1.74. The number of nitrogens with one attached hydrogen (secondary N) is 1. The molecular weight excluding hydrogens is 472 g/mol. The Balaban J connectivity index is 1.83. The summed E-state index contributed by atoms with van der Waals surface area (Å²) in [5, 5.41) is 13.0. The van der Waals surface area contributed by atoms with Crippen LogP contribution in [0.4, 0.5) is 5.69 Å². The van der Waals surface area contributed by atoms with Crippen LogP contribution in [0.15, 0.2) is 55.2 Å². The van der Waals surface area contributed by atoms with Gasteiger partial charge in [0.2, 0.25) is 0 Å². The Morgan fingerprint density at radius 1 is 1.20 bits per heavy atom. The van der Waals surface area contributed by atoms with Gasteiger partial charge in [-0.05, 0) is 91.7 Å². The van der Waals surface area contributed by atoms with Crippen LogP contribution in [-0.4, -0.2) is 23.3 Å². The highest BCUT2D eigenvalue weighted by Gasteiger charge is 2.24. The maximum absolute atomic E-state index is 12.1. The Kier molecular flexibility index (Phi) is 5.51. The molecule has 0 aliphatic carbocycles. The number of thioether (sulfide) groups is 1. The summed E-state index contributed by atoms with van der Waals surface area (Å²) in [5.74, 6) is 0.654. The van der Waals surface area contributed by atoms with Crippen LogP contribution in [-0.2, 0) is 4.79 Å². The third kappa shape index (κ3) is 4.26. The summed E-state index contributed by atoms with van der Waals surface area (Å²) < 4.78 is 6.20. The molecule has 1 fully saturated rings. The van der Waals surface area contributed by atoms with E-state index in [0.717, 1.165) is 17.0 Å². The average Bonchev–Trinajstić information content (AvgIpc) is 2.92. The Morgan fingerprint density at radius 3 is 2.44 bits per heavy atom. The summed E-state index contributed by atoms with van der Waals surface area (Å²) in [6, 6.07) is 10.7. The molecule has 3 rings (SSSR count). The molecule has 25 heavy (non-hydrogen) atoms. The molecule has 0 spiro atoms. The predicted octanol–water partition coefficient (Wildman–Crippen LogP) is 4.82. The third-order valence-corrected chi connectivity index (χ3v) is 5.41. The van der Waals surface area contributed by atoms with E-state index in [1.54, 1.807) is 25.3 Å². The number of aromatic hydroxyl groups is 1. The van der Waals surface area contributed by atoms with Crippen molar-refractivity contribution < 1.29 is 14.6 Å². The van der Waals surface area contributed by atoms with E-state index in [9.17, 15) is 9.90 Å². The zero-order valence-electron chi connectivity index (χ0n) is 12.9. The number of amides is 1. The summed E-state index contributed by atoms with van der Waals surface area (Å²) >= 11 is 7.82. The molecule has 0 atom stereocenters. The van der Waals surface area contributed by atoms with Crippen LogP contribution < -0.4 is 10.1 Å². The molecule has 1 amide bonds. The fraction of sp³-hybridized carbons (Fsp3) is 0.0588. The van der Waals surface area contributed by atoms with Crippen LogP contribution in [0.25, 0.3) is 6.08 Å². The number of hydrogen-bond donors (Lipinski definition) is 2. The lowest BCUT2D eigenvalue weighted by molar-refractivity contribution is -0.115. The summed E-state index contributed by atoms with van der Waals surface area (Å²) in [5.41, 5.74) is 1.50. The lowest BCUT2D eigenvalue weighted by atomic mass is 10.2. The van der Waals surface area contributed by atoms with E-state index < -0.39 is 0 Å². The van der Waals surface area contributed by atoms with Gasteiger partial charge in [-0.2, -0.15) is 0 Å². The number of halogens is 2. The number of amidine groups is 1. The van der Waals surface area contributed by atoms with E-state index >= 15 is 0 Å². The van der Waals surface area contributed by atoms with Gasteiger partial charge < -0.3 is 15.2 Å². The Bertz CT molecular complexity index is 872. The third-order valence-electron chi connectivity index (χ3n) is 3.29. The van der Waals surface area contributed by atoms with Gasteiger partial charge in [-0.1, -0.05) is 0 Å². The molecule has 1 saturated heterocycles. The number of benzene rings is 2. The largest absolute Gasteiger partial charge is 0.506 e. The lowest BCUT2D eigenvalue weighted by Crippen LogP contribution is -2.19. The van der Waals surface area contributed by atoms with Crippen LogP contribution in [0.2, 0.25) is 0 Å². The molecule has 8 heteroatoms. The van der Waals surface area contributed by atoms with Crippen LogP contribution >= 0.6 is 43.6 Å². The molecule has 0 bridgehead atoms. The number of carbonyl (C=O) groups is 1. The maximum Gasteiger partial charge on any atom is 0.264 e. The number of methoxy groups -OCH3 is 1. The number of hydrogen-bond acceptors (Lipinski definition) is 5. The molecule has 0 unspecified atom stereocenters. The van der Waals surface area contributed by atoms with Gasteiger partial charge in [-0.3, -0.25) is 4.79 Å². The minimum atomic E-state index is -0.211. The number of phenols is 1. The molecule has 0 saturated carbocycles. The molecule has 2 N–H and O–H groups in total. The van der Waals surface area contributed by atoms with Gasteiger partial charge >= 0.3 is 0 Å². The minimum absolute atomic E-state index is 0.118. The number of rotatable bonds is 3. The average molecular weight is 484 g/mol. The SMILES string of the molecule is COc1ccc(N=C2NC(=O)/C(=C\c3cc(Br)c(O)c(Br)c3)S2)cc1. The monoisotopic (exact) mass is 482 g/mol. The zero-order valence-corrected chi connectivity index (χ0v) is 16.9. The van der Waals surface area contributed by atoms with Crippen molar-refractivity contribution in [2.75, 3.05) is 7.11 Å². The van der Waals surface area contributed by atoms with Gasteiger partial charge in [-0.25, -0.2) is 4.99 Å². The second-order valence-corrected chi connectivity index (χ2v) is 7.75. The standard InChI is InChI=1S/C17H12Br2N2O3S/c1-24-11-4-2-10(3-5-11)20-17-21-16(23)14(25-17)8-9-6-12(18)15(22)13(19)7-9/h2-8,22H,1H3,(H,20,21,23)/b14-8+. The number of nitrogens with zero attached hydrogens (tertiary/aromatic N) is 1. The lowest BCUT2D eigenvalue weighted by Gasteiger charge is -2.02. The highest BCUT2D eigenvalue weighted by Crippen LogP contribution is 2.35. The van der Waals surface area contributed by atoms with Crippen LogP contribution in [0, 0.1) is 0 Å². The number of phenolic OH excluding ortho intramolecular Hbond substituents is 1. The molecule has 0 radical (unpaired) electrons. The maximum atomic E-state index is 12.1. The van der Waals surface area contributed by atoms with Gasteiger partial charge in [0.15, 0.2) is 5.17 Å². The van der Waals surface area contributed by atoms with Crippen LogP contribution in [0.1, 0.15) is 5.56 Å². The molecular formula is C17H12Br2N2O3S. The quantitative estimate of drug-likeness (QED) is 0.614. The molecule has 5 nitrogen and oxygen atoms in total. The number of aliphatic imine (C=N–C) groups is 1. The van der Waals surface area contributed by atoms with Crippen LogP contribution in [0.5, 0.6) is 11.5 Å². The van der Waals surface area contributed by atoms with E-state index in [-0.39, 0.29) is 11.7 Å². The van der Waals surface area contributed by atoms with E-state index in [2.05, 4.69) is 42.2 Å². The smallest absolute Gasteiger partial charge is 0.264 e. The van der Waals surface area contributed by atoms with Crippen molar-refractivity contribution in [3.63, 3.8) is 0 Å². The van der Waals surface area contributed by atoms with Crippen molar-refractivity contribution in [3.05, 3.63) is 55.8 Å². The minimum Gasteiger partial charge on any atom is -0.506 e. The van der Waals surface area contributed by atoms with Crippen molar-refractivity contribution >= 4 is 66.5 Å². The summed E-state index contributed by atoms with van der Waals surface area (Å²) in [4.78, 5) is 17.1. The van der Waals surface area contributed by atoms with E-state index in [1.807, 2.05) is 24.3 Å². The van der Waals surface area contributed by atoms with Crippen molar-refractivity contribution in [2.24, 2.45) is 4.99 Å². The molecule has 1 aliphatic heterocycles. The van der Waals surface area contributed by atoms with E-state index in [1.165, 1.54) is 11.8 Å². The fourth-order valence-electron chi connectivity index (χ4n) is 2.07. The first kappa shape index (κ1) is 18.0. The molecule has 0 aromatic heterocycles. The number of ether oxygens (including phenoxy) is 1. The van der Waals surface area contributed by atoms with E-state index in [0.29, 0.717) is 19.0 Å². The molecule has 1 aliphatic rings. The topological polar surface area (TPSA) is 70.9 Å². The molecule has 2 aromatic carbocycles. The van der Waals surface area contributed by atoms with Gasteiger partial charge in [-0.15, -0.1) is 0 Å². The van der Waals surface area contributed by atoms with Crippen molar-refractivity contribution in [2.45, 2.75) is 0 Å². The van der Waals surface area contributed by atoms with Crippen molar-refractivity contribution in [1.29, 1.82) is 0 Å². The fourth-order valence-corrected chi connectivity index (χ4v) is 4.14. The molecule has 2 aromatic rings. The van der Waals surface area contributed by atoms with Crippen molar-refractivity contribution in [1.82, 2.24) is 5.32 Å². The Morgan fingerprint density at radius 2 is 1.84 bits per heavy atom. The first-order valence-electron chi connectivity index (χ1n) is 7.08. The van der Waals surface area contributed by atoms with Gasteiger partial charge in [0.05, 0.1) is 26.6 Å². The Hall–Kier alpha value is -1.77. The summed E-state index contributed by atoms with van der Waals surface area (Å²) in [7, 11) is 1.60. The second kappa shape index (κ2) is 7.63.